The van der Waals surface area contributed by atoms with Gasteiger partial charge in [0.05, 0.1) is 11.9 Å². The van der Waals surface area contributed by atoms with Gasteiger partial charge in [0.15, 0.2) is 0 Å². The maximum absolute atomic E-state index is 12.0. The van der Waals surface area contributed by atoms with E-state index < -0.39 is 0 Å². The lowest BCUT2D eigenvalue weighted by Gasteiger charge is -2.07. The molecule has 1 heterocycles. The van der Waals surface area contributed by atoms with Crippen LogP contribution in [0.25, 0.3) is 0 Å². The lowest BCUT2D eigenvalue weighted by molar-refractivity contribution is 0.102. The molecule has 0 fully saturated rings. The molecule has 4 nitrogen and oxygen atoms in total. The van der Waals surface area contributed by atoms with Gasteiger partial charge in [-0.2, -0.15) is 0 Å². The number of benzene rings is 1. The molecular weight excluding hydrogens is 226 g/mol. The summed E-state index contributed by atoms with van der Waals surface area (Å²) in [6.07, 6.45) is 3.34. The van der Waals surface area contributed by atoms with Crippen LogP contribution in [-0.2, 0) is 6.54 Å². The van der Waals surface area contributed by atoms with Gasteiger partial charge in [-0.15, -0.1) is 0 Å². The number of carbonyl (C=O) groups is 1. The Morgan fingerprint density at radius 1 is 1.28 bits per heavy atom. The summed E-state index contributed by atoms with van der Waals surface area (Å²) in [6, 6.07) is 9.09. The summed E-state index contributed by atoms with van der Waals surface area (Å²) in [5, 5.41) is 2.83. The fourth-order valence-electron chi connectivity index (χ4n) is 1.58. The first-order valence-corrected chi connectivity index (χ1v) is 5.71. The van der Waals surface area contributed by atoms with Crippen LogP contribution in [-0.4, -0.2) is 10.9 Å². The van der Waals surface area contributed by atoms with Gasteiger partial charge in [0.25, 0.3) is 5.91 Å². The van der Waals surface area contributed by atoms with Crippen LogP contribution < -0.4 is 11.1 Å². The summed E-state index contributed by atoms with van der Waals surface area (Å²) in [7, 11) is 0. The normalized spacial score (nSPS) is 10.1. The average molecular weight is 241 g/mol. The molecule has 0 aliphatic carbocycles. The second-order valence-electron chi connectivity index (χ2n) is 4.05. The lowest BCUT2D eigenvalue weighted by atomic mass is 10.1. The quantitative estimate of drug-likeness (QED) is 0.864. The van der Waals surface area contributed by atoms with E-state index >= 15 is 0 Å². The number of nitrogens with two attached hydrogens (primary N) is 1. The molecule has 2 rings (SSSR count). The van der Waals surface area contributed by atoms with E-state index in [1.807, 2.05) is 25.1 Å². The molecule has 1 aromatic carbocycles. The van der Waals surface area contributed by atoms with Gasteiger partial charge in [-0.3, -0.25) is 9.78 Å². The van der Waals surface area contributed by atoms with Crippen LogP contribution in [0.2, 0.25) is 0 Å². The van der Waals surface area contributed by atoms with E-state index in [0.29, 0.717) is 12.1 Å². The van der Waals surface area contributed by atoms with Gasteiger partial charge in [-0.05, 0) is 36.2 Å². The van der Waals surface area contributed by atoms with Crippen LogP contribution in [0.1, 0.15) is 21.5 Å². The number of aromatic nitrogens is 1. The van der Waals surface area contributed by atoms with Crippen LogP contribution in [0.3, 0.4) is 0 Å². The molecule has 0 unspecified atom stereocenters. The van der Waals surface area contributed by atoms with Crippen LogP contribution in [0.5, 0.6) is 0 Å². The number of nitrogens with zero attached hydrogens (tertiary/aromatic N) is 1. The van der Waals surface area contributed by atoms with Crippen LogP contribution in [0.4, 0.5) is 5.69 Å². The zero-order valence-corrected chi connectivity index (χ0v) is 10.2. The Bertz CT molecular complexity index is 549. The third-order valence-corrected chi connectivity index (χ3v) is 2.74. The maximum atomic E-state index is 12.0. The van der Waals surface area contributed by atoms with E-state index in [1.165, 1.54) is 0 Å². The number of hydrogen-bond acceptors (Lipinski definition) is 3. The van der Waals surface area contributed by atoms with Gasteiger partial charge < -0.3 is 11.1 Å². The molecule has 0 spiro atoms. The lowest BCUT2D eigenvalue weighted by Crippen LogP contribution is -2.13. The van der Waals surface area contributed by atoms with Crippen molar-refractivity contribution in [2.45, 2.75) is 13.5 Å². The summed E-state index contributed by atoms with van der Waals surface area (Å²) < 4.78 is 0. The predicted octanol–water partition coefficient (Wildman–Crippen LogP) is 2.10. The molecule has 0 bridgehead atoms. The zero-order valence-electron chi connectivity index (χ0n) is 10.2. The topological polar surface area (TPSA) is 68.0 Å². The Hall–Kier alpha value is -2.20. The van der Waals surface area contributed by atoms with Gasteiger partial charge in [-0.25, -0.2) is 0 Å². The first-order valence-electron chi connectivity index (χ1n) is 5.71. The first-order chi connectivity index (χ1) is 8.70. The van der Waals surface area contributed by atoms with Gasteiger partial charge in [0, 0.05) is 18.3 Å². The molecule has 0 aliphatic rings. The predicted molar refractivity (Wildman–Crippen MR) is 71.3 cm³/mol. The van der Waals surface area contributed by atoms with E-state index in [0.717, 1.165) is 16.8 Å². The van der Waals surface area contributed by atoms with E-state index in [4.69, 9.17) is 5.73 Å². The van der Waals surface area contributed by atoms with Crippen LogP contribution in [0, 0.1) is 6.92 Å². The Kier molecular flexibility index (Phi) is 3.69. The Labute approximate surface area is 106 Å². The molecule has 3 N–H and O–H groups in total. The van der Waals surface area contributed by atoms with Crippen LogP contribution in [0.15, 0.2) is 42.7 Å². The first kappa shape index (κ1) is 12.3. The number of carbonyl (C=O) groups excluding carboxylic acids is 1. The van der Waals surface area contributed by atoms with Crippen molar-refractivity contribution in [3.05, 3.63) is 59.4 Å². The summed E-state index contributed by atoms with van der Waals surface area (Å²) in [6.45, 7) is 2.40. The summed E-state index contributed by atoms with van der Waals surface area (Å²) in [5.74, 6) is -0.144. The molecule has 92 valence electrons. The van der Waals surface area contributed by atoms with Crippen molar-refractivity contribution in [2.24, 2.45) is 5.73 Å². The van der Waals surface area contributed by atoms with E-state index in [9.17, 15) is 4.79 Å². The molecule has 1 aromatic heterocycles. The summed E-state index contributed by atoms with van der Waals surface area (Å²) in [5.41, 5.74) is 8.83. The van der Waals surface area contributed by atoms with Crippen molar-refractivity contribution in [2.75, 3.05) is 5.32 Å². The monoisotopic (exact) mass is 241 g/mol. The number of pyridine rings is 1. The number of nitrogens with one attached hydrogen (secondary N) is 1. The molecule has 0 aliphatic heterocycles. The SMILES string of the molecule is Cc1ccncc1NC(=O)c1ccc(CN)cc1. The average Bonchev–Trinajstić information content (AvgIpc) is 2.41. The van der Waals surface area contributed by atoms with Gasteiger partial charge in [-0.1, -0.05) is 12.1 Å². The third kappa shape index (κ3) is 2.73. The minimum absolute atomic E-state index is 0.144. The molecule has 4 heteroatoms. The molecule has 0 saturated carbocycles. The highest BCUT2D eigenvalue weighted by Gasteiger charge is 2.07. The van der Waals surface area contributed by atoms with Crippen molar-refractivity contribution in [1.29, 1.82) is 0 Å². The highest BCUT2D eigenvalue weighted by molar-refractivity contribution is 6.04. The Morgan fingerprint density at radius 2 is 2.00 bits per heavy atom. The van der Waals surface area contributed by atoms with Crippen molar-refractivity contribution in [3.63, 3.8) is 0 Å². The summed E-state index contributed by atoms with van der Waals surface area (Å²) >= 11 is 0. The van der Waals surface area contributed by atoms with Crippen molar-refractivity contribution in [1.82, 2.24) is 4.98 Å². The second-order valence-corrected chi connectivity index (χ2v) is 4.05. The fraction of sp³-hybridized carbons (Fsp3) is 0.143. The standard InChI is InChI=1S/C14H15N3O/c1-10-6-7-16-9-13(10)17-14(18)12-4-2-11(8-15)3-5-12/h2-7,9H,8,15H2,1H3,(H,17,18). The van der Waals surface area contributed by atoms with Crippen molar-refractivity contribution in [3.8, 4) is 0 Å². The number of anilines is 1. The summed E-state index contributed by atoms with van der Waals surface area (Å²) in [4.78, 5) is 16.0. The smallest absolute Gasteiger partial charge is 0.255 e. The second kappa shape index (κ2) is 5.42. The Morgan fingerprint density at radius 3 is 2.61 bits per heavy atom. The maximum Gasteiger partial charge on any atom is 0.255 e. The number of rotatable bonds is 3. The molecular formula is C14H15N3O. The highest BCUT2D eigenvalue weighted by atomic mass is 16.1. The van der Waals surface area contributed by atoms with Gasteiger partial charge >= 0.3 is 0 Å². The van der Waals surface area contributed by atoms with E-state index in [-0.39, 0.29) is 5.91 Å². The molecule has 0 radical (unpaired) electrons. The Balaban J connectivity index is 2.14. The van der Waals surface area contributed by atoms with Crippen LogP contribution >= 0.6 is 0 Å². The highest BCUT2D eigenvalue weighted by Crippen LogP contribution is 2.13. The van der Waals surface area contributed by atoms with Crippen molar-refractivity contribution < 1.29 is 4.79 Å². The third-order valence-electron chi connectivity index (χ3n) is 2.74. The molecule has 0 atom stereocenters. The molecule has 0 saturated heterocycles. The van der Waals surface area contributed by atoms with Gasteiger partial charge in [0.1, 0.15) is 0 Å². The molecule has 2 aromatic rings. The minimum atomic E-state index is -0.144. The zero-order chi connectivity index (χ0) is 13.0. The molecule has 18 heavy (non-hydrogen) atoms. The van der Waals surface area contributed by atoms with Gasteiger partial charge in [0.2, 0.25) is 0 Å². The fourth-order valence-corrected chi connectivity index (χ4v) is 1.58. The minimum Gasteiger partial charge on any atom is -0.326 e. The molecule has 1 amide bonds. The van der Waals surface area contributed by atoms with E-state index in [2.05, 4.69) is 10.3 Å². The largest absolute Gasteiger partial charge is 0.326 e. The number of amides is 1. The van der Waals surface area contributed by atoms with Crippen molar-refractivity contribution >= 4 is 11.6 Å². The number of hydrogen-bond donors (Lipinski definition) is 2. The van der Waals surface area contributed by atoms with E-state index in [1.54, 1.807) is 24.5 Å². The number of aryl methyl sites for hydroxylation is 1.